The molecular formula is C19H22N2O2S. The number of methoxy groups -OCH3 is 1. The smallest absolute Gasteiger partial charge is 0.314 e. The number of nitrogens with zero attached hydrogens (tertiary/aromatic N) is 2. The van der Waals surface area contributed by atoms with E-state index in [-0.39, 0.29) is 11.9 Å². The van der Waals surface area contributed by atoms with Crippen LogP contribution in [0.3, 0.4) is 0 Å². The van der Waals surface area contributed by atoms with Crippen LogP contribution in [-0.2, 0) is 22.6 Å². The van der Waals surface area contributed by atoms with E-state index in [1.807, 2.05) is 18.2 Å². The highest BCUT2D eigenvalue weighted by Gasteiger charge is 2.33. The maximum atomic E-state index is 12.1. The molecule has 2 aromatic heterocycles. The van der Waals surface area contributed by atoms with Crippen molar-refractivity contribution in [1.29, 1.82) is 0 Å². The summed E-state index contributed by atoms with van der Waals surface area (Å²) in [5.41, 5.74) is 3.38. The maximum Gasteiger partial charge on any atom is 0.314 e. The molecule has 0 amide bonds. The number of esters is 1. The Balaban J connectivity index is 2.10. The molecule has 2 aromatic rings. The van der Waals surface area contributed by atoms with Crippen molar-refractivity contribution in [1.82, 2.24) is 9.13 Å². The van der Waals surface area contributed by atoms with Crippen molar-refractivity contribution in [2.24, 2.45) is 0 Å². The fourth-order valence-electron chi connectivity index (χ4n) is 3.31. The molecule has 3 heterocycles. The normalized spacial score (nSPS) is 16.0. The van der Waals surface area contributed by atoms with Gasteiger partial charge in [0.25, 0.3) is 0 Å². The quantitative estimate of drug-likeness (QED) is 0.432. The molecule has 0 saturated heterocycles. The molecular weight excluding hydrogens is 320 g/mol. The van der Waals surface area contributed by atoms with Gasteiger partial charge in [-0.1, -0.05) is 12.2 Å². The Bertz CT molecular complexity index is 772. The van der Waals surface area contributed by atoms with E-state index < -0.39 is 0 Å². The van der Waals surface area contributed by atoms with E-state index in [9.17, 15) is 4.79 Å². The number of thioether (sulfide) groups is 1. The van der Waals surface area contributed by atoms with Gasteiger partial charge in [0, 0.05) is 35.6 Å². The highest BCUT2D eigenvalue weighted by atomic mass is 32.2. The minimum Gasteiger partial charge on any atom is -0.469 e. The molecule has 0 saturated carbocycles. The highest BCUT2D eigenvalue weighted by molar-refractivity contribution is 7.99. The molecule has 0 N–H and O–H groups in total. The topological polar surface area (TPSA) is 36.2 Å². The van der Waals surface area contributed by atoms with Gasteiger partial charge in [0.05, 0.1) is 24.4 Å². The maximum absolute atomic E-state index is 12.1. The van der Waals surface area contributed by atoms with Gasteiger partial charge in [-0.3, -0.25) is 4.79 Å². The number of fused-ring (bicyclic) bond motifs is 1. The number of hydrogen-bond acceptors (Lipinski definition) is 3. The Kier molecular flexibility index (Phi) is 5.00. The molecule has 24 heavy (non-hydrogen) atoms. The van der Waals surface area contributed by atoms with E-state index in [0.717, 1.165) is 36.7 Å². The van der Waals surface area contributed by atoms with Crippen LogP contribution in [0.2, 0.25) is 0 Å². The second-order valence-electron chi connectivity index (χ2n) is 5.73. The summed E-state index contributed by atoms with van der Waals surface area (Å²) in [6, 6.07) is 6.31. The SMILES string of the molecule is C=CCSc1cc2n(c1-c1cccn1CC=C)CCC2C(=O)OC. The van der Waals surface area contributed by atoms with Gasteiger partial charge < -0.3 is 13.9 Å². The second kappa shape index (κ2) is 7.18. The molecule has 4 nitrogen and oxygen atoms in total. The molecule has 5 heteroatoms. The fourth-order valence-corrected chi connectivity index (χ4v) is 4.16. The number of allylic oxidation sites excluding steroid dienone is 1. The summed E-state index contributed by atoms with van der Waals surface area (Å²) >= 11 is 1.75. The first-order chi connectivity index (χ1) is 11.7. The average molecular weight is 342 g/mol. The van der Waals surface area contributed by atoms with Gasteiger partial charge in [-0.15, -0.1) is 24.9 Å². The van der Waals surface area contributed by atoms with E-state index in [4.69, 9.17) is 4.74 Å². The minimum absolute atomic E-state index is 0.153. The Morgan fingerprint density at radius 3 is 3.00 bits per heavy atom. The summed E-state index contributed by atoms with van der Waals surface area (Å²) < 4.78 is 9.43. The molecule has 0 aromatic carbocycles. The van der Waals surface area contributed by atoms with Crippen LogP contribution < -0.4 is 0 Å². The first-order valence-electron chi connectivity index (χ1n) is 8.02. The Hall–Kier alpha value is -2.14. The largest absolute Gasteiger partial charge is 0.469 e. The molecule has 0 radical (unpaired) electrons. The third-order valence-electron chi connectivity index (χ3n) is 4.33. The highest BCUT2D eigenvalue weighted by Crippen LogP contribution is 2.42. The van der Waals surface area contributed by atoms with Crippen LogP contribution in [0.5, 0.6) is 0 Å². The number of aromatic nitrogens is 2. The van der Waals surface area contributed by atoms with E-state index in [1.165, 1.54) is 17.7 Å². The van der Waals surface area contributed by atoms with E-state index in [2.05, 4.69) is 40.6 Å². The molecule has 0 aliphatic carbocycles. The average Bonchev–Trinajstić information content (AvgIpc) is 3.27. The molecule has 0 fully saturated rings. The van der Waals surface area contributed by atoms with Gasteiger partial charge >= 0.3 is 5.97 Å². The monoisotopic (exact) mass is 342 g/mol. The zero-order chi connectivity index (χ0) is 17.1. The summed E-state index contributed by atoms with van der Waals surface area (Å²) in [5, 5.41) is 0. The first-order valence-corrected chi connectivity index (χ1v) is 9.01. The zero-order valence-electron chi connectivity index (χ0n) is 13.9. The van der Waals surface area contributed by atoms with Crippen LogP contribution in [-0.4, -0.2) is 28.0 Å². The van der Waals surface area contributed by atoms with Gasteiger partial charge in [-0.05, 0) is 24.6 Å². The van der Waals surface area contributed by atoms with Gasteiger partial charge in [0.2, 0.25) is 0 Å². The number of hydrogen-bond donors (Lipinski definition) is 0. The van der Waals surface area contributed by atoms with Crippen molar-refractivity contribution < 1.29 is 9.53 Å². The van der Waals surface area contributed by atoms with Crippen LogP contribution in [0, 0.1) is 0 Å². The lowest BCUT2D eigenvalue weighted by molar-refractivity contribution is -0.142. The second-order valence-corrected chi connectivity index (χ2v) is 6.79. The fraction of sp³-hybridized carbons (Fsp3) is 0.316. The van der Waals surface area contributed by atoms with E-state index >= 15 is 0 Å². The van der Waals surface area contributed by atoms with Crippen LogP contribution >= 0.6 is 11.8 Å². The predicted octanol–water partition coefficient (Wildman–Crippen LogP) is 4.08. The molecule has 1 unspecified atom stereocenters. The Morgan fingerprint density at radius 1 is 1.46 bits per heavy atom. The standard InChI is InChI=1S/C19H22N2O2S/c1-4-9-20-10-6-7-15(20)18-17(24-12-5-2)13-16-14(19(22)23-3)8-11-21(16)18/h4-7,10,13-14H,1-2,8-9,11-12H2,3H3. The summed E-state index contributed by atoms with van der Waals surface area (Å²) in [5.74, 6) is 0.510. The third kappa shape index (κ3) is 2.84. The molecule has 3 rings (SSSR count). The van der Waals surface area contributed by atoms with Crippen LogP contribution in [0.15, 0.2) is 54.6 Å². The van der Waals surface area contributed by atoms with Crippen LogP contribution in [0.4, 0.5) is 0 Å². The first kappa shape index (κ1) is 16.7. The predicted molar refractivity (Wildman–Crippen MR) is 98.4 cm³/mol. The molecule has 0 spiro atoms. The minimum atomic E-state index is -0.172. The number of carbonyl (C=O) groups is 1. The summed E-state index contributed by atoms with van der Waals surface area (Å²) in [7, 11) is 1.46. The number of ether oxygens (including phenoxy) is 1. The van der Waals surface area contributed by atoms with Crippen molar-refractivity contribution in [2.45, 2.75) is 30.3 Å². The van der Waals surface area contributed by atoms with Gasteiger partial charge in [0.1, 0.15) is 0 Å². The van der Waals surface area contributed by atoms with Crippen molar-refractivity contribution in [3.63, 3.8) is 0 Å². The summed E-state index contributed by atoms with van der Waals surface area (Å²) in [6.45, 7) is 9.25. The molecule has 1 atom stereocenters. The molecule has 126 valence electrons. The van der Waals surface area contributed by atoms with Gasteiger partial charge in [-0.2, -0.15) is 0 Å². The number of rotatable bonds is 7. The van der Waals surface area contributed by atoms with E-state index in [0.29, 0.717) is 0 Å². The lowest BCUT2D eigenvalue weighted by Crippen LogP contribution is -2.11. The van der Waals surface area contributed by atoms with Crippen LogP contribution in [0.25, 0.3) is 11.4 Å². The Morgan fingerprint density at radius 2 is 2.29 bits per heavy atom. The zero-order valence-corrected chi connectivity index (χ0v) is 14.7. The van der Waals surface area contributed by atoms with E-state index in [1.54, 1.807) is 11.8 Å². The lowest BCUT2D eigenvalue weighted by atomic mass is 10.1. The summed E-state index contributed by atoms with van der Waals surface area (Å²) in [6.07, 6.45) is 6.65. The number of carbonyl (C=O) groups excluding carboxylic acids is 1. The molecule has 1 aliphatic heterocycles. The molecule has 0 bridgehead atoms. The van der Waals surface area contributed by atoms with Gasteiger partial charge in [0.15, 0.2) is 0 Å². The molecule has 1 aliphatic rings. The van der Waals surface area contributed by atoms with Crippen LogP contribution in [0.1, 0.15) is 18.0 Å². The summed E-state index contributed by atoms with van der Waals surface area (Å²) in [4.78, 5) is 13.3. The van der Waals surface area contributed by atoms with Crippen molar-refractivity contribution in [3.05, 3.63) is 55.4 Å². The lowest BCUT2D eigenvalue weighted by Gasteiger charge is -2.12. The van der Waals surface area contributed by atoms with Crippen molar-refractivity contribution in [2.75, 3.05) is 12.9 Å². The van der Waals surface area contributed by atoms with Gasteiger partial charge in [-0.25, -0.2) is 0 Å². The Labute approximate surface area is 146 Å². The van der Waals surface area contributed by atoms with Crippen molar-refractivity contribution >= 4 is 17.7 Å². The van der Waals surface area contributed by atoms with Crippen molar-refractivity contribution in [3.8, 4) is 11.4 Å². The third-order valence-corrected chi connectivity index (χ3v) is 5.36.